The molecule has 0 aliphatic carbocycles. The third-order valence-corrected chi connectivity index (χ3v) is 2.77. The van der Waals surface area contributed by atoms with Crippen LogP contribution in [-0.2, 0) is 0 Å². The molecule has 3 aromatic rings. The Morgan fingerprint density at radius 2 is 2.05 bits per heavy atom. The fourth-order valence-corrected chi connectivity index (χ4v) is 1.81. The van der Waals surface area contributed by atoms with Crippen molar-refractivity contribution in [3.8, 4) is 22.8 Å². The molecule has 3 rings (SSSR count). The van der Waals surface area contributed by atoms with Gasteiger partial charge >= 0.3 is 5.97 Å². The molecule has 2 heterocycles. The van der Waals surface area contributed by atoms with Gasteiger partial charge in [-0.05, 0) is 23.8 Å². The van der Waals surface area contributed by atoms with Gasteiger partial charge in [-0.25, -0.2) is 9.89 Å². The zero-order chi connectivity index (χ0) is 14.7. The van der Waals surface area contributed by atoms with Gasteiger partial charge in [0.15, 0.2) is 0 Å². The number of pyridine rings is 1. The van der Waals surface area contributed by atoms with Crippen molar-refractivity contribution in [2.45, 2.75) is 0 Å². The third-order valence-electron chi connectivity index (χ3n) is 2.77. The monoisotopic (exact) mass is 282 g/mol. The van der Waals surface area contributed by atoms with Gasteiger partial charge in [-0.3, -0.25) is 4.98 Å². The molecule has 0 saturated carbocycles. The van der Waals surface area contributed by atoms with E-state index in [9.17, 15) is 4.79 Å². The van der Waals surface area contributed by atoms with Crippen molar-refractivity contribution in [1.82, 2.24) is 20.4 Å². The molecule has 1 aromatic carbocycles. The van der Waals surface area contributed by atoms with Crippen molar-refractivity contribution >= 4 is 5.97 Å². The number of aromatic carboxylic acids is 1. The predicted molar refractivity (Wildman–Crippen MR) is 73.1 cm³/mol. The van der Waals surface area contributed by atoms with Crippen LogP contribution in [0, 0.1) is 0 Å². The van der Waals surface area contributed by atoms with E-state index in [-0.39, 0.29) is 11.6 Å². The lowest BCUT2D eigenvalue weighted by Crippen LogP contribution is -1.99. The van der Waals surface area contributed by atoms with E-state index < -0.39 is 5.97 Å². The van der Waals surface area contributed by atoms with Crippen molar-refractivity contribution < 1.29 is 14.6 Å². The highest BCUT2D eigenvalue weighted by Crippen LogP contribution is 2.26. The van der Waals surface area contributed by atoms with Gasteiger partial charge < -0.3 is 9.84 Å². The molecule has 0 aliphatic rings. The number of nitrogens with zero attached hydrogens (tertiary/aromatic N) is 3. The Kier molecular flexibility index (Phi) is 3.30. The quantitative estimate of drug-likeness (QED) is 0.761. The Labute approximate surface area is 119 Å². The molecule has 104 valence electrons. The standard InChI is InChI=1S/C14H10N4O3/c19-14(20)12-13(17-18-16-12)21-11-5-1-3-9(7-11)10-4-2-6-15-8-10/h1-8H,(H,19,20)(H,16,17,18). The lowest BCUT2D eigenvalue weighted by atomic mass is 10.1. The molecule has 0 radical (unpaired) electrons. The second kappa shape index (κ2) is 5.41. The molecule has 0 bridgehead atoms. The van der Waals surface area contributed by atoms with Gasteiger partial charge in [0, 0.05) is 18.0 Å². The Hall–Kier alpha value is -3.22. The zero-order valence-electron chi connectivity index (χ0n) is 10.7. The van der Waals surface area contributed by atoms with Gasteiger partial charge in [0.25, 0.3) is 5.88 Å². The number of ether oxygens (including phenoxy) is 1. The molecular weight excluding hydrogens is 272 g/mol. The number of benzene rings is 1. The van der Waals surface area contributed by atoms with Crippen molar-refractivity contribution in [3.63, 3.8) is 0 Å². The maximum atomic E-state index is 11.0. The van der Waals surface area contributed by atoms with Crippen molar-refractivity contribution in [2.75, 3.05) is 0 Å². The first-order chi connectivity index (χ1) is 10.2. The molecule has 7 heteroatoms. The number of carboxylic acid groups (broad SMARTS) is 1. The summed E-state index contributed by atoms with van der Waals surface area (Å²) in [5, 5.41) is 18.3. The second-order valence-electron chi connectivity index (χ2n) is 4.17. The van der Waals surface area contributed by atoms with Crippen LogP contribution in [0.25, 0.3) is 11.1 Å². The van der Waals surface area contributed by atoms with Crippen LogP contribution in [0.15, 0.2) is 48.8 Å². The first kappa shape index (κ1) is 12.8. The molecule has 2 N–H and O–H groups in total. The molecule has 0 amide bonds. The molecule has 21 heavy (non-hydrogen) atoms. The lowest BCUT2D eigenvalue weighted by Gasteiger charge is -2.05. The SMILES string of the molecule is O=C(O)c1[nH]nnc1Oc1cccc(-c2cccnc2)c1. The number of carboxylic acids is 1. The average molecular weight is 282 g/mol. The van der Waals surface area contributed by atoms with E-state index in [0.29, 0.717) is 5.75 Å². The van der Waals surface area contributed by atoms with Crippen LogP contribution < -0.4 is 4.74 Å². The molecule has 0 spiro atoms. The average Bonchev–Trinajstić information content (AvgIpc) is 2.97. The molecule has 7 nitrogen and oxygen atoms in total. The summed E-state index contributed by atoms with van der Waals surface area (Å²) in [7, 11) is 0. The Morgan fingerprint density at radius 1 is 1.19 bits per heavy atom. The van der Waals surface area contributed by atoms with E-state index in [2.05, 4.69) is 20.4 Å². The van der Waals surface area contributed by atoms with Crippen molar-refractivity contribution in [3.05, 3.63) is 54.5 Å². The van der Waals surface area contributed by atoms with Crippen LogP contribution in [0.1, 0.15) is 10.5 Å². The first-order valence-corrected chi connectivity index (χ1v) is 6.06. The third kappa shape index (κ3) is 2.71. The van der Waals surface area contributed by atoms with Crippen molar-refractivity contribution in [1.29, 1.82) is 0 Å². The maximum absolute atomic E-state index is 11.0. The molecule has 0 fully saturated rings. The van der Waals surface area contributed by atoms with Gasteiger partial charge in [0.05, 0.1) is 0 Å². The number of carbonyl (C=O) groups is 1. The van der Waals surface area contributed by atoms with E-state index in [0.717, 1.165) is 11.1 Å². The normalized spacial score (nSPS) is 10.3. The minimum Gasteiger partial charge on any atom is -0.476 e. The summed E-state index contributed by atoms with van der Waals surface area (Å²) in [4.78, 5) is 15.0. The number of hydrogen-bond acceptors (Lipinski definition) is 5. The Bertz CT molecular complexity index is 771. The fraction of sp³-hybridized carbons (Fsp3) is 0. The van der Waals surface area contributed by atoms with Crippen LogP contribution in [-0.4, -0.2) is 31.5 Å². The van der Waals surface area contributed by atoms with Crippen molar-refractivity contribution in [2.24, 2.45) is 0 Å². The highest BCUT2D eigenvalue weighted by molar-refractivity contribution is 5.87. The van der Waals surface area contributed by atoms with Crippen LogP contribution in [0.4, 0.5) is 0 Å². The van der Waals surface area contributed by atoms with E-state index in [1.807, 2.05) is 18.2 Å². The van der Waals surface area contributed by atoms with E-state index >= 15 is 0 Å². The number of hydrogen-bond donors (Lipinski definition) is 2. The summed E-state index contributed by atoms with van der Waals surface area (Å²) in [6, 6.07) is 11.0. The topological polar surface area (TPSA) is 101 Å². The van der Waals surface area contributed by atoms with Gasteiger partial charge in [-0.2, -0.15) is 0 Å². The number of rotatable bonds is 4. The summed E-state index contributed by atoms with van der Waals surface area (Å²) in [5.41, 5.74) is 1.64. The molecule has 0 unspecified atom stereocenters. The predicted octanol–water partition coefficient (Wildman–Crippen LogP) is 2.36. The lowest BCUT2D eigenvalue weighted by molar-refractivity contribution is 0.0687. The minimum atomic E-state index is -1.18. The molecule has 2 aromatic heterocycles. The van der Waals surface area contributed by atoms with E-state index in [1.165, 1.54) is 0 Å². The summed E-state index contributed by atoms with van der Waals surface area (Å²) < 4.78 is 5.47. The minimum absolute atomic E-state index is 0.0779. The van der Waals surface area contributed by atoms with Crippen LogP contribution >= 0.6 is 0 Å². The van der Waals surface area contributed by atoms with Crippen LogP contribution in [0.5, 0.6) is 11.6 Å². The number of aromatic nitrogens is 4. The molecule has 0 aliphatic heterocycles. The van der Waals surface area contributed by atoms with Gasteiger partial charge in [0.2, 0.25) is 5.69 Å². The number of nitrogens with one attached hydrogen (secondary N) is 1. The zero-order valence-corrected chi connectivity index (χ0v) is 10.7. The van der Waals surface area contributed by atoms with Crippen LogP contribution in [0.2, 0.25) is 0 Å². The van der Waals surface area contributed by atoms with Gasteiger partial charge in [-0.15, -0.1) is 0 Å². The second-order valence-corrected chi connectivity index (χ2v) is 4.17. The molecule has 0 saturated heterocycles. The number of H-pyrrole nitrogens is 1. The molecular formula is C14H10N4O3. The first-order valence-electron chi connectivity index (χ1n) is 6.06. The smallest absolute Gasteiger partial charge is 0.359 e. The maximum Gasteiger partial charge on any atom is 0.359 e. The largest absolute Gasteiger partial charge is 0.476 e. The molecule has 0 atom stereocenters. The van der Waals surface area contributed by atoms with Crippen LogP contribution in [0.3, 0.4) is 0 Å². The highest BCUT2D eigenvalue weighted by atomic mass is 16.5. The Morgan fingerprint density at radius 3 is 2.81 bits per heavy atom. The number of aromatic amines is 1. The van der Waals surface area contributed by atoms with Gasteiger partial charge in [0.1, 0.15) is 5.75 Å². The van der Waals surface area contributed by atoms with E-state index in [1.54, 1.807) is 30.6 Å². The van der Waals surface area contributed by atoms with Gasteiger partial charge in [-0.1, -0.05) is 28.5 Å². The fourth-order valence-electron chi connectivity index (χ4n) is 1.81. The summed E-state index contributed by atoms with van der Waals surface area (Å²) in [6.45, 7) is 0. The summed E-state index contributed by atoms with van der Waals surface area (Å²) in [5.74, 6) is -0.794. The summed E-state index contributed by atoms with van der Waals surface area (Å²) >= 11 is 0. The Balaban J connectivity index is 1.90. The van der Waals surface area contributed by atoms with E-state index in [4.69, 9.17) is 9.84 Å². The summed E-state index contributed by atoms with van der Waals surface area (Å²) in [6.07, 6.45) is 3.43. The highest BCUT2D eigenvalue weighted by Gasteiger charge is 2.16.